The van der Waals surface area contributed by atoms with Gasteiger partial charge in [-0.05, 0) is 42.7 Å². The van der Waals surface area contributed by atoms with Crippen molar-refractivity contribution in [1.82, 2.24) is 0 Å². The number of carboxylic acids is 1. The van der Waals surface area contributed by atoms with E-state index < -0.39 is 5.97 Å². The summed E-state index contributed by atoms with van der Waals surface area (Å²) in [5.41, 5.74) is 2.93. The Kier molecular flexibility index (Phi) is 4.78. The van der Waals surface area contributed by atoms with Crippen LogP contribution in [0.25, 0.3) is 0 Å². The zero-order chi connectivity index (χ0) is 13.7. The van der Waals surface area contributed by atoms with E-state index in [4.69, 9.17) is 5.11 Å². The third-order valence-corrected chi connectivity index (χ3v) is 4.07. The molecule has 1 N–H and O–H groups in total. The summed E-state index contributed by atoms with van der Waals surface area (Å²) in [4.78, 5) is 10.7. The maximum atomic E-state index is 10.7. The van der Waals surface area contributed by atoms with Gasteiger partial charge in [0.1, 0.15) is 0 Å². The van der Waals surface area contributed by atoms with Crippen LogP contribution >= 0.6 is 0 Å². The Morgan fingerprint density at radius 1 is 1.16 bits per heavy atom. The zero-order valence-corrected chi connectivity index (χ0v) is 11.4. The summed E-state index contributed by atoms with van der Waals surface area (Å²) < 4.78 is 0. The molecule has 1 aliphatic rings. The average Bonchev–Trinajstić information content (AvgIpc) is 2.46. The SMILES string of the molecule is C=C(CCc1ccc(C2CCCCC2)cc1)C(=O)O. The van der Waals surface area contributed by atoms with Crippen LogP contribution < -0.4 is 0 Å². The number of aliphatic carboxylic acids is 1. The van der Waals surface area contributed by atoms with Gasteiger partial charge in [0, 0.05) is 5.57 Å². The molecular weight excluding hydrogens is 236 g/mol. The predicted octanol–water partition coefficient (Wildman–Crippen LogP) is 4.31. The summed E-state index contributed by atoms with van der Waals surface area (Å²) in [6.07, 6.45) is 8.00. The smallest absolute Gasteiger partial charge is 0.330 e. The molecule has 19 heavy (non-hydrogen) atoms. The molecular formula is C17H22O2. The van der Waals surface area contributed by atoms with E-state index >= 15 is 0 Å². The molecule has 0 radical (unpaired) electrons. The first-order valence-corrected chi connectivity index (χ1v) is 7.16. The molecule has 0 unspecified atom stereocenters. The molecule has 1 aliphatic carbocycles. The lowest BCUT2D eigenvalue weighted by atomic mass is 9.84. The Morgan fingerprint density at radius 2 is 1.79 bits per heavy atom. The lowest BCUT2D eigenvalue weighted by Crippen LogP contribution is -2.04. The molecule has 1 aromatic carbocycles. The van der Waals surface area contributed by atoms with E-state index in [0.29, 0.717) is 6.42 Å². The van der Waals surface area contributed by atoms with Gasteiger partial charge in [-0.1, -0.05) is 50.1 Å². The van der Waals surface area contributed by atoms with Crippen molar-refractivity contribution in [3.63, 3.8) is 0 Å². The Balaban J connectivity index is 1.90. The van der Waals surface area contributed by atoms with E-state index in [1.54, 1.807) is 0 Å². The second-order valence-electron chi connectivity index (χ2n) is 5.49. The van der Waals surface area contributed by atoms with Gasteiger partial charge >= 0.3 is 5.97 Å². The highest BCUT2D eigenvalue weighted by Crippen LogP contribution is 2.32. The van der Waals surface area contributed by atoms with Gasteiger partial charge in [-0.3, -0.25) is 0 Å². The van der Waals surface area contributed by atoms with Gasteiger partial charge in [-0.15, -0.1) is 0 Å². The largest absolute Gasteiger partial charge is 0.478 e. The Hall–Kier alpha value is -1.57. The normalized spacial score (nSPS) is 16.2. The van der Waals surface area contributed by atoms with Crippen molar-refractivity contribution in [2.45, 2.75) is 50.9 Å². The van der Waals surface area contributed by atoms with E-state index in [0.717, 1.165) is 12.3 Å². The second kappa shape index (κ2) is 6.55. The first kappa shape index (κ1) is 13.9. The number of hydrogen-bond acceptors (Lipinski definition) is 1. The van der Waals surface area contributed by atoms with Gasteiger partial charge in [0.2, 0.25) is 0 Å². The molecule has 0 heterocycles. The van der Waals surface area contributed by atoms with Gasteiger partial charge in [0.05, 0.1) is 0 Å². The number of rotatable bonds is 5. The van der Waals surface area contributed by atoms with Crippen LogP contribution in [-0.2, 0) is 11.2 Å². The van der Waals surface area contributed by atoms with E-state index in [9.17, 15) is 4.79 Å². The Bertz CT molecular complexity index is 439. The summed E-state index contributed by atoms with van der Waals surface area (Å²) in [6, 6.07) is 8.71. The third kappa shape index (κ3) is 3.95. The minimum Gasteiger partial charge on any atom is -0.478 e. The maximum absolute atomic E-state index is 10.7. The fraction of sp³-hybridized carbons (Fsp3) is 0.471. The number of aryl methyl sites for hydroxylation is 1. The molecule has 0 saturated heterocycles. The summed E-state index contributed by atoms with van der Waals surface area (Å²) in [6.45, 7) is 3.56. The predicted molar refractivity (Wildman–Crippen MR) is 77.4 cm³/mol. The van der Waals surface area contributed by atoms with Crippen LogP contribution in [0.4, 0.5) is 0 Å². The molecule has 0 spiro atoms. The number of hydrogen-bond donors (Lipinski definition) is 1. The monoisotopic (exact) mass is 258 g/mol. The van der Waals surface area contributed by atoms with E-state index in [-0.39, 0.29) is 5.57 Å². The molecule has 1 fully saturated rings. The number of carboxylic acid groups (broad SMARTS) is 1. The minimum atomic E-state index is -0.890. The summed E-state index contributed by atoms with van der Waals surface area (Å²) >= 11 is 0. The van der Waals surface area contributed by atoms with Gasteiger partial charge in [0.15, 0.2) is 0 Å². The topological polar surface area (TPSA) is 37.3 Å². The minimum absolute atomic E-state index is 0.288. The Morgan fingerprint density at radius 3 is 2.37 bits per heavy atom. The lowest BCUT2D eigenvalue weighted by molar-refractivity contribution is -0.132. The third-order valence-electron chi connectivity index (χ3n) is 4.07. The maximum Gasteiger partial charge on any atom is 0.330 e. The van der Waals surface area contributed by atoms with Crippen molar-refractivity contribution in [2.24, 2.45) is 0 Å². The molecule has 2 nitrogen and oxygen atoms in total. The van der Waals surface area contributed by atoms with Crippen LogP contribution in [0.1, 0.15) is 55.6 Å². The van der Waals surface area contributed by atoms with E-state index in [2.05, 4.69) is 30.8 Å². The first-order valence-electron chi connectivity index (χ1n) is 7.16. The number of benzene rings is 1. The Labute approximate surface area is 115 Å². The van der Waals surface area contributed by atoms with Crippen molar-refractivity contribution >= 4 is 5.97 Å². The van der Waals surface area contributed by atoms with Gasteiger partial charge in [-0.2, -0.15) is 0 Å². The van der Waals surface area contributed by atoms with Crippen LogP contribution in [0.15, 0.2) is 36.4 Å². The van der Waals surface area contributed by atoms with Crippen molar-refractivity contribution in [1.29, 1.82) is 0 Å². The van der Waals surface area contributed by atoms with Crippen LogP contribution in [-0.4, -0.2) is 11.1 Å². The van der Waals surface area contributed by atoms with Crippen molar-refractivity contribution in [2.75, 3.05) is 0 Å². The molecule has 1 saturated carbocycles. The molecule has 102 valence electrons. The second-order valence-corrected chi connectivity index (χ2v) is 5.49. The molecule has 0 bridgehead atoms. The molecule has 0 aliphatic heterocycles. The standard InChI is InChI=1S/C17H22O2/c1-13(17(18)19)7-8-14-9-11-16(12-10-14)15-5-3-2-4-6-15/h9-12,15H,1-8H2,(H,18,19). The molecule has 0 amide bonds. The van der Waals surface area contributed by atoms with Gasteiger partial charge in [-0.25, -0.2) is 4.79 Å². The highest BCUT2D eigenvalue weighted by atomic mass is 16.4. The fourth-order valence-electron chi connectivity index (χ4n) is 2.79. The van der Waals surface area contributed by atoms with Crippen molar-refractivity contribution in [3.8, 4) is 0 Å². The van der Waals surface area contributed by atoms with Crippen LogP contribution in [0.5, 0.6) is 0 Å². The fourth-order valence-corrected chi connectivity index (χ4v) is 2.79. The summed E-state index contributed by atoms with van der Waals surface area (Å²) in [7, 11) is 0. The average molecular weight is 258 g/mol. The van der Waals surface area contributed by atoms with Gasteiger partial charge < -0.3 is 5.11 Å². The molecule has 2 rings (SSSR count). The lowest BCUT2D eigenvalue weighted by Gasteiger charge is -2.22. The summed E-state index contributed by atoms with van der Waals surface area (Å²) in [5.74, 6) is -0.157. The molecule has 0 atom stereocenters. The molecule has 0 aromatic heterocycles. The molecule has 1 aromatic rings. The highest BCUT2D eigenvalue weighted by molar-refractivity contribution is 5.85. The van der Waals surface area contributed by atoms with Crippen LogP contribution in [0, 0.1) is 0 Å². The van der Waals surface area contributed by atoms with Crippen molar-refractivity contribution < 1.29 is 9.90 Å². The first-order chi connectivity index (χ1) is 9.16. The van der Waals surface area contributed by atoms with Crippen LogP contribution in [0.3, 0.4) is 0 Å². The van der Waals surface area contributed by atoms with E-state index in [1.165, 1.54) is 43.2 Å². The number of carbonyl (C=O) groups is 1. The summed E-state index contributed by atoms with van der Waals surface area (Å²) in [5, 5.41) is 8.77. The quantitative estimate of drug-likeness (QED) is 0.799. The highest BCUT2D eigenvalue weighted by Gasteiger charge is 2.15. The van der Waals surface area contributed by atoms with E-state index in [1.807, 2.05) is 0 Å². The molecule has 2 heteroatoms. The van der Waals surface area contributed by atoms with Crippen molar-refractivity contribution in [3.05, 3.63) is 47.5 Å². The van der Waals surface area contributed by atoms with Gasteiger partial charge in [0.25, 0.3) is 0 Å². The van der Waals surface area contributed by atoms with Crippen LogP contribution in [0.2, 0.25) is 0 Å². The zero-order valence-electron chi connectivity index (χ0n) is 11.4.